The lowest BCUT2D eigenvalue weighted by Crippen LogP contribution is -2.43. The van der Waals surface area contributed by atoms with Crippen molar-refractivity contribution in [3.05, 3.63) is 25.0 Å². The molecule has 8 nitrogen and oxygen atoms in total. The first kappa shape index (κ1) is 15.2. The summed E-state index contributed by atoms with van der Waals surface area (Å²) < 4.78 is 3.80. The van der Waals surface area contributed by atoms with Crippen LogP contribution < -0.4 is 5.32 Å². The SMILES string of the molecule is C[C@H](C1CC1)n1cc(NC(=O)N2CCC[C@H](n3cncn3)C2)cn1. The number of rotatable bonds is 4. The fraction of sp³-hybridized carbons (Fsp3) is 0.625. The number of aromatic nitrogens is 5. The third-order valence-corrected chi connectivity index (χ3v) is 5.07. The molecule has 2 fully saturated rings. The van der Waals surface area contributed by atoms with Gasteiger partial charge < -0.3 is 10.2 Å². The second-order valence-electron chi connectivity index (χ2n) is 6.83. The minimum absolute atomic E-state index is 0.0709. The standard InChI is InChI=1S/C16H23N7O/c1-12(13-4-5-13)22-8-14(7-18-22)20-16(24)21-6-2-3-15(9-21)23-11-17-10-19-23/h7-8,10-13,15H,2-6,9H2,1H3,(H,20,24)/t12-,15+/m1/s1. The highest BCUT2D eigenvalue weighted by Crippen LogP contribution is 2.39. The first-order valence-corrected chi connectivity index (χ1v) is 8.65. The number of carbonyl (C=O) groups is 1. The molecule has 1 aliphatic carbocycles. The molecule has 1 N–H and O–H groups in total. The molecule has 1 saturated carbocycles. The van der Waals surface area contributed by atoms with Crippen molar-refractivity contribution in [3.63, 3.8) is 0 Å². The Labute approximate surface area is 140 Å². The molecule has 1 aliphatic heterocycles. The van der Waals surface area contributed by atoms with Crippen LogP contribution in [0.4, 0.5) is 10.5 Å². The largest absolute Gasteiger partial charge is 0.322 e. The van der Waals surface area contributed by atoms with Crippen LogP contribution in [0.25, 0.3) is 0 Å². The number of nitrogens with one attached hydrogen (secondary N) is 1. The quantitative estimate of drug-likeness (QED) is 0.933. The van der Waals surface area contributed by atoms with Crippen LogP contribution in [0.2, 0.25) is 0 Å². The number of likely N-dealkylation sites (tertiary alicyclic amines) is 1. The highest BCUT2D eigenvalue weighted by Gasteiger charge is 2.30. The zero-order valence-electron chi connectivity index (χ0n) is 13.9. The van der Waals surface area contributed by atoms with Crippen LogP contribution >= 0.6 is 0 Å². The summed E-state index contributed by atoms with van der Waals surface area (Å²) in [6.45, 7) is 3.61. The van der Waals surface area contributed by atoms with Crippen molar-refractivity contribution in [1.29, 1.82) is 0 Å². The third-order valence-electron chi connectivity index (χ3n) is 5.07. The molecule has 0 spiro atoms. The maximum absolute atomic E-state index is 12.5. The van der Waals surface area contributed by atoms with E-state index in [1.165, 1.54) is 19.2 Å². The van der Waals surface area contributed by atoms with E-state index in [0.717, 1.165) is 31.0 Å². The zero-order valence-corrected chi connectivity index (χ0v) is 13.9. The van der Waals surface area contributed by atoms with E-state index in [1.807, 2.05) is 20.5 Å². The van der Waals surface area contributed by atoms with Crippen LogP contribution in [0.15, 0.2) is 25.0 Å². The van der Waals surface area contributed by atoms with Gasteiger partial charge in [0.15, 0.2) is 0 Å². The summed E-state index contributed by atoms with van der Waals surface area (Å²) in [5.41, 5.74) is 0.760. The lowest BCUT2D eigenvalue weighted by molar-refractivity contribution is 0.174. The number of hydrogen-bond acceptors (Lipinski definition) is 4. The molecule has 128 valence electrons. The molecule has 8 heteroatoms. The third kappa shape index (κ3) is 3.13. The Kier molecular flexibility index (Phi) is 3.95. The average Bonchev–Trinajstić information content (AvgIpc) is 3.10. The predicted molar refractivity (Wildman–Crippen MR) is 88.5 cm³/mol. The minimum Gasteiger partial charge on any atom is -0.322 e. The van der Waals surface area contributed by atoms with Gasteiger partial charge >= 0.3 is 6.03 Å². The molecule has 0 radical (unpaired) electrons. The van der Waals surface area contributed by atoms with Crippen LogP contribution in [-0.2, 0) is 0 Å². The molecule has 2 atom stereocenters. The summed E-state index contributed by atoms with van der Waals surface area (Å²) in [5.74, 6) is 0.735. The molecule has 2 aliphatic rings. The van der Waals surface area contributed by atoms with E-state index in [-0.39, 0.29) is 12.1 Å². The van der Waals surface area contributed by atoms with Crippen molar-refractivity contribution in [2.24, 2.45) is 5.92 Å². The smallest absolute Gasteiger partial charge is 0.322 e. The van der Waals surface area contributed by atoms with E-state index in [4.69, 9.17) is 0 Å². The van der Waals surface area contributed by atoms with Gasteiger partial charge in [-0.25, -0.2) is 14.5 Å². The topological polar surface area (TPSA) is 80.9 Å². The van der Waals surface area contributed by atoms with Gasteiger partial charge in [-0.15, -0.1) is 0 Å². The van der Waals surface area contributed by atoms with Crippen LogP contribution in [0, 0.1) is 5.92 Å². The van der Waals surface area contributed by atoms with Gasteiger partial charge in [0.1, 0.15) is 12.7 Å². The van der Waals surface area contributed by atoms with Crippen LogP contribution in [0.1, 0.15) is 44.7 Å². The summed E-state index contributed by atoms with van der Waals surface area (Å²) in [7, 11) is 0. The lowest BCUT2D eigenvalue weighted by Gasteiger charge is -2.32. The van der Waals surface area contributed by atoms with E-state index < -0.39 is 0 Å². The minimum atomic E-state index is -0.0709. The molecule has 0 unspecified atom stereocenters. The number of piperidine rings is 1. The Morgan fingerprint density at radius 2 is 2.21 bits per heavy atom. The summed E-state index contributed by atoms with van der Waals surface area (Å²) >= 11 is 0. The van der Waals surface area contributed by atoms with Gasteiger partial charge in [0.2, 0.25) is 0 Å². The molecule has 2 aromatic heterocycles. The van der Waals surface area contributed by atoms with Crippen LogP contribution in [0.5, 0.6) is 0 Å². The lowest BCUT2D eigenvalue weighted by atomic mass is 10.1. The van der Waals surface area contributed by atoms with Gasteiger partial charge in [-0.3, -0.25) is 4.68 Å². The normalized spacial score (nSPS) is 22.4. The number of carbonyl (C=O) groups excluding carboxylic acids is 1. The predicted octanol–water partition coefficient (Wildman–Crippen LogP) is 2.31. The molecule has 0 bridgehead atoms. The second kappa shape index (κ2) is 6.26. The van der Waals surface area contributed by atoms with E-state index >= 15 is 0 Å². The maximum Gasteiger partial charge on any atom is 0.322 e. The van der Waals surface area contributed by atoms with Crippen LogP contribution in [0.3, 0.4) is 0 Å². The summed E-state index contributed by atoms with van der Waals surface area (Å²) in [4.78, 5) is 18.4. The first-order valence-electron chi connectivity index (χ1n) is 8.65. The molecule has 3 heterocycles. The van der Waals surface area contributed by atoms with Crippen molar-refractivity contribution >= 4 is 11.7 Å². The van der Waals surface area contributed by atoms with Gasteiger partial charge in [-0.2, -0.15) is 10.2 Å². The molecule has 0 aromatic carbocycles. The fourth-order valence-corrected chi connectivity index (χ4v) is 3.38. The van der Waals surface area contributed by atoms with E-state index in [2.05, 4.69) is 27.4 Å². The molecule has 4 rings (SSSR count). The van der Waals surface area contributed by atoms with Crippen molar-refractivity contribution in [1.82, 2.24) is 29.4 Å². The molecule has 2 aromatic rings. The molecule has 24 heavy (non-hydrogen) atoms. The Bertz CT molecular complexity index is 691. The summed E-state index contributed by atoms with van der Waals surface area (Å²) in [5, 5.41) is 11.6. The molecular formula is C16H23N7O. The fourth-order valence-electron chi connectivity index (χ4n) is 3.38. The van der Waals surface area contributed by atoms with E-state index in [0.29, 0.717) is 12.6 Å². The maximum atomic E-state index is 12.5. The monoisotopic (exact) mass is 329 g/mol. The Morgan fingerprint density at radius 1 is 1.33 bits per heavy atom. The zero-order chi connectivity index (χ0) is 16.5. The van der Waals surface area contributed by atoms with Gasteiger partial charge in [-0.1, -0.05) is 0 Å². The number of anilines is 1. The summed E-state index contributed by atoms with van der Waals surface area (Å²) in [6.07, 6.45) is 11.5. The Morgan fingerprint density at radius 3 is 2.96 bits per heavy atom. The number of nitrogens with zero attached hydrogens (tertiary/aromatic N) is 6. The first-order chi connectivity index (χ1) is 11.7. The van der Waals surface area contributed by atoms with Crippen molar-refractivity contribution in [2.45, 2.75) is 44.7 Å². The van der Waals surface area contributed by atoms with Gasteiger partial charge in [0.05, 0.1) is 24.0 Å². The highest BCUT2D eigenvalue weighted by molar-refractivity contribution is 5.89. The molecule has 1 saturated heterocycles. The van der Waals surface area contributed by atoms with Gasteiger partial charge in [-0.05, 0) is 38.5 Å². The number of urea groups is 1. The molecule has 2 amide bonds. The average molecular weight is 329 g/mol. The van der Waals surface area contributed by atoms with Crippen LogP contribution in [-0.4, -0.2) is 48.6 Å². The summed E-state index contributed by atoms with van der Waals surface area (Å²) in [6, 6.07) is 0.533. The van der Waals surface area contributed by atoms with Crippen molar-refractivity contribution in [2.75, 3.05) is 18.4 Å². The van der Waals surface area contributed by atoms with E-state index in [9.17, 15) is 4.79 Å². The Hall–Kier alpha value is -2.38. The second-order valence-corrected chi connectivity index (χ2v) is 6.83. The van der Waals surface area contributed by atoms with E-state index in [1.54, 1.807) is 12.5 Å². The Balaban J connectivity index is 1.37. The highest BCUT2D eigenvalue weighted by atomic mass is 16.2. The van der Waals surface area contributed by atoms with Gasteiger partial charge in [0.25, 0.3) is 0 Å². The van der Waals surface area contributed by atoms with Crippen molar-refractivity contribution in [3.8, 4) is 0 Å². The number of hydrogen-bond donors (Lipinski definition) is 1. The number of amides is 2. The van der Waals surface area contributed by atoms with Gasteiger partial charge in [0, 0.05) is 19.3 Å². The molecular weight excluding hydrogens is 306 g/mol. The van der Waals surface area contributed by atoms with Crippen molar-refractivity contribution < 1.29 is 4.79 Å².